The Kier molecular flexibility index (Phi) is 7.22. The second-order valence-electron chi connectivity index (χ2n) is 13.5. The predicted molar refractivity (Wildman–Crippen MR) is 230 cm³/mol. The van der Waals surface area contributed by atoms with Gasteiger partial charge in [-0.25, -0.2) is 15.0 Å². The Labute approximate surface area is 319 Å². The highest BCUT2D eigenvalue weighted by molar-refractivity contribution is 7.27. The average Bonchev–Trinajstić information content (AvgIpc) is 3.83. The Balaban J connectivity index is 1.07. The molecule has 0 atom stereocenters. The zero-order chi connectivity index (χ0) is 35.6. The number of thiophene rings is 2. The molecule has 54 heavy (non-hydrogen) atoms. The van der Waals surface area contributed by atoms with Crippen molar-refractivity contribution in [2.45, 2.75) is 0 Å². The first kappa shape index (κ1) is 31.0. The molecule has 11 aromatic rings. The Hall–Kier alpha value is -6.53. The Morgan fingerprint density at radius 3 is 1.74 bits per heavy atom. The maximum atomic E-state index is 5.26. The normalized spacial score (nSPS) is 11.7. The molecule has 4 aromatic heterocycles. The molecule has 0 aliphatic heterocycles. The van der Waals surface area contributed by atoms with E-state index in [1.54, 1.807) is 0 Å². The number of rotatable bonds is 5. The third kappa shape index (κ3) is 5.12. The van der Waals surface area contributed by atoms with Gasteiger partial charge in [0.15, 0.2) is 5.82 Å². The molecule has 0 aliphatic carbocycles. The lowest BCUT2D eigenvalue weighted by Gasteiger charge is -2.11. The van der Waals surface area contributed by atoms with Crippen LogP contribution in [0.15, 0.2) is 176 Å². The van der Waals surface area contributed by atoms with E-state index in [1.165, 1.54) is 56.9 Å². The zero-order valence-corrected chi connectivity index (χ0v) is 30.5. The molecule has 5 heteroatoms. The van der Waals surface area contributed by atoms with Crippen LogP contribution in [0.2, 0.25) is 0 Å². The molecular weight excluding hydrogens is 695 g/mol. The molecule has 0 spiro atoms. The second kappa shape index (κ2) is 12.6. The van der Waals surface area contributed by atoms with Crippen LogP contribution >= 0.6 is 22.7 Å². The van der Waals surface area contributed by atoms with Crippen LogP contribution in [0.3, 0.4) is 0 Å². The van der Waals surface area contributed by atoms with Gasteiger partial charge in [-0.1, -0.05) is 140 Å². The lowest BCUT2D eigenvalue weighted by molar-refractivity contribution is 1.18. The van der Waals surface area contributed by atoms with Gasteiger partial charge < -0.3 is 0 Å². The quantitative estimate of drug-likeness (QED) is 0.177. The topological polar surface area (TPSA) is 38.7 Å². The van der Waals surface area contributed by atoms with Gasteiger partial charge in [0.05, 0.1) is 22.6 Å². The van der Waals surface area contributed by atoms with Gasteiger partial charge in [0.1, 0.15) is 0 Å². The van der Waals surface area contributed by atoms with E-state index in [9.17, 15) is 0 Å². The van der Waals surface area contributed by atoms with Crippen LogP contribution in [0.4, 0.5) is 0 Å². The van der Waals surface area contributed by atoms with Gasteiger partial charge in [-0.05, 0) is 47.5 Å². The van der Waals surface area contributed by atoms with Crippen LogP contribution in [0.5, 0.6) is 0 Å². The summed E-state index contributed by atoms with van der Waals surface area (Å²) in [7, 11) is 0. The first-order valence-electron chi connectivity index (χ1n) is 18.0. The van der Waals surface area contributed by atoms with E-state index in [-0.39, 0.29) is 0 Å². The van der Waals surface area contributed by atoms with E-state index < -0.39 is 0 Å². The molecule has 0 bridgehead atoms. The fourth-order valence-electron chi connectivity index (χ4n) is 7.68. The Morgan fingerprint density at radius 2 is 0.944 bits per heavy atom. The van der Waals surface area contributed by atoms with E-state index in [2.05, 4.69) is 170 Å². The first-order chi connectivity index (χ1) is 26.7. The minimum atomic E-state index is 0.696. The van der Waals surface area contributed by atoms with Crippen molar-refractivity contribution in [1.82, 2.24) is 15.0 Å². The summed E-state index contributed by atoms with van der Waals surface area (Å²) >= 11 is 3.69. The summed E-state index contributed by atoms with van der Waals surface area (Å²) in [6.45, 7) is 0. The fourth-order valence-corrected chi connectivity index (χ4v) is 10.1. The third-order valence-corrected chi connectivity index (χ3v) is 12.7. The largest absolute Gasteiger partial charge is 0.247 e. The van der Waals surface area contributed by atoms with E-state index >= 15 is 0 Å². The summed E-state index contributed by atoms with van der Waals surface area (Å²) in [4.78, 5) is 15.7. The van der Waals surface area contributed by atoms with Crippen molar-refractivity contribution in [2.24, 2.45) is 0 Å². The summed E-state index contributed by atoms with van der Waals surface area (Å²) in [6, 6.07) is 62.3. The molecule has 0 unspecified atom stereocenters. The standard InChI is InChI=1S/C49H29N3S2/c1-3-12-31(13-4-1)41-29-42(32-24-22-30(23-25-32)35-18-11-19-37-36-16-8-10-21-43(36)53-47(35)37)52-49(51-41)34-26-27-44-39(28-34)45-46(33-14-5-2-6-15-33)50-40-20-9-7-17-38(40)48(45)54-44/h1-29H. The molecule has 252 valence electrons. The summed E-state index contributed by atoms with van der Waals surface area (Å²) in [5.74, 6) is 0.696. The number of nitrogens with zero attached hydrogens (tertiary/aromatic N) is 3. The summed E-state index contributed by atoms with van der Waals surface area (Å²) < 4.78 is 5.09. The smallest absolute Gasteiger partial charge is 0.160 e. The Bertz CT molecular complexity index is 3200. The second-order valence-corrected chi connectivity index (χ2v) is 15.7. The van der Waals surface area contributed by atoms with Crippen molar-refractivity contribution in [3.05, 3.63) is 176 Å². The number of hydrogen-bond donors (Lipinski definition) is 0. The molecule has 0 amide bonds. The van der Waals surface area contributed by atoms with Gasteiger partial charge in [0, 0.05) is 68.0 Å². The van der Waals surface area contributed by atoms with Crippen molar-refractivity contribution in [3.8, 4) is 56.3 Å². The van der Waals surface area contributed by atoms with Crippen LogP contribution in [-0.4, -0.2) is 15.0 Å². The maximum Gasteiger partial charge on any atom is 0.160 e. The number of pyridine rings is 1. The predicted octanol–water partition coefficient (Wildman–Crippen LogP) is 14.1. The number of aromatic nitrogens is 3. The minimum Gasteiger partial charge on any atom is -0.247 e. The summed E-state index contributed by atoms with van der Waals surface area (Å²) in [6.07, 6.45) is 0. The average molecular weight is 724 g/mol. The van der Waals surface area contributed by atoms with Gasteiger partial charge >= 0.3 is 0 Å². The SMILES string of the molecule is c1ccc(-c2cc(-c3ccc(-c4cccc5c4sc4ccccc45)cc3)nc(-c3ccc4sc5c6ccccc6nc(-c6ccccc6)c5c4c3)n2)cc1. The van der Waals surface area contributed by atoms with Crippen molar-refractivity contribution in [2.75, 3.05) is 0 Å². The molecule has 0 N–H and O–H groups in total. The van der Waals surface area contributed by atoms with Crippen LogP contribution in [-0.2, 0) is 0 Å². The number of fused-ring (bicyclic) bond motifs is 8. The van der Waals surface area contributed by atoms with Crippen LogP contribution < -0.4 is 0 Å². The number of para-hydroxylation sites is 1. The molecule has 11 rings (SSSR count). The summed E-state index contributed by atoms with van der Waals surface area (Å²) in [5.41, 5.74) is 10.4. The fraction of sp³-hybridized carbons (Fsp3) is 0. The van der Waals surface area contributed by atoms with Gasteiger partial charge in [0.25, 0.3) is 0 Å². The molecule has 0 fully saturated rings. The molecule has 0 aliphatic rings. The maximum absolute atomic E-state index is 5.26. The zero-order valence-electron chi connectivity index (χ0n) is 28.9. The van der Waals surface area contributed by atoms with Crippen LogP contribution in [0.1, 0.15) is 0 Å². The van der Waals surface area contributed by atoms with Crippen molar-refractivity contribution in [1.29, 1.82) is 0 Å². The van der Waals surface area contributed by atoms with Crippen molar-refractivity contribution >= 4 is 73.9 Å². The van der Waals surface area contributed by atoms with E-state index in [4.69, 9.17) is 15.0 Å². The molecule has 4 heterocycles. The van der Waals surface area contributed by atoms with E-state index in [0.29, 0.717) is 5.82 Å². The molecule has 7 aromatic carbocycles. The number of hydrogen-bond acceptors (Lipinski definition) is 5. The highest BCUT2D eigenvalue weighted by Gasteiger charge is 2.18. The highest BCUT2D eigenvalue weighted by atomic mass is 32.1. The Morgan fingerprint density at radius 1 is 0.352 bits per heavy atom. The molecule has 3 nitrogen and oxygen atoms in total. The van der Waals surface area contributed by atoms with Crippen LogP contribution in [0, 0.1) is 0 Å². The number of benzene rings is 7. The molecule has 0 saturated carbocycles. The molecular formula is C49H29N3S2. The van der Waals surface area contributed by atoms with E-state index in [1.807, 2.05) is 28.7 Å². The third-order valence-electron chi connectivity index (χ3n) is 10.3. The van der Waals surface area contributed by atoms with Gasteiger partial charge in [-0.2, -0.15) is 0 Å². The first-order valence-corrected chi connectivity index (χ1v) is 19.6. The van der Waals surface area contributed by atoms with E-state index in [0.717, 1.165) is 44.9 Å². The highest BCUT2D eigenvalue weighted by Crippen LogP contribution is 2.44. The van der Waals surface area contributed by atoms with Crippen LogP contribution in [0.25, 0.3) is 108 Å². The van der Waals surface area contributed by atoms with Gasteiger partial charge in [0.2, 0.25) is 0 Å². The lowest BCUT2D eigenvalue weighted by Crippen LogP contribution is -1.96. The summed E-state index contributed by atoms with van der Waals surface area (Å²) in [5, 5.41) is 6.13. The monoisotopic (exact) mass is 723 g/mol. The van der Waals surface area contributed by atoms with Gasteiger partial charge in [-0.15, -0.1) is 22.7 Å². The minimum absolute atomic E-state index is 0.696. The van der Waals surface area contributed by atoms with Crippen molar-refractivity contribution in [3.63, 3.8) is 0 Å². The van der Waals surface area contributed by atoms with Gasteiger partial charge in [-0.3, -0.25) is 0 Å². The molecule has 0 saturated heterocycles. The lowest BCUT2D eigenvalue weighted by atomic mass is 10.00. The molecule has 0 radical (unpaired) electrons. The van der Waals surface area contributed by atoms with Crippen molar-refractivity contribution < 1.29 is 0 Å².